The second-order valence-electron chi connectivity index (χ2n) is 4.37. The van der Waals surface area contributed by atoms with Gasteiger partial charge >= 0.3 is 0 Å². The molecule has 4 nitrogen and oxygen atoms in total. The van der Waals surface area contributed by atoms with E-state index in [1.54, 1.807) is 0 Å². The van der Waals surface area contributed by atoms with Crippen LogP contribution in [0.5, 0.6) is 0 Å². The molecule has 16 heavy (non-hydrogen) atoms. The van der Waals surface area contributed by atoms with E-state index in [1.807, 2.05) is 0 Å². The summed E-state index contributed by atoms with van der Waals surface area (Å²) in [6.45, 7) is 2.12. The minimum Gasteiger partial charge on any atom is -0.391 e. The fourth-order valence-corrected chi connectivity index (χ4v) is 2.75. The monoisotopic (exact) mass is 241 g/mol. The SMILES string of the molecule is CCCc1nsc(NC2CCCCC2O)n1. The van der Waals surface area contributed by atoms with Crippen LogP contribution in [0.2, 0.25) is 0 Å². The lowest BCUT2D eigenvalue weighted by molar-refractivity contribution is 0.116. The third-order valence-electron chi connectivity index (χ3n) is 2.98. The highest BCUT2D eigenvalue weighted by atomic mass is 32.1. The number of aliphatic hydroxyl groups is 1. The van der Waals surface area contributed by atoms with E-state index in [-0.39, 0.29) is 12.1 Å². The van der Waals surface area contributed by atoms with Gasteiger partial charge in [0.15, 0.2) is 0 Å². The Morgan fingerprint density at radius 3 is 3.00 bits per heavy atom. The standard InChI is InChI=1S/C11H19N3OS/c1-2-5-10-13-11(16-14-10)12-8-6-3-4-7-9(8)15/h8-9,15H,2-7H2,1H3,(H,12,13,14). The van der Waals surface area contributed by atoms with E-state index in [4.69, 9.17) is 0 Å². The molecule has 0 bridgehead atoms. The van der Waals surface area contributed by atoms with Gasteiger partial charge in [0.1, 0.15) is 5.82 Å². The van der Waals surface area contributed by atoms with Crippen molar-refractivity contribution in [2.45, 2.75) is 57.6 Å². The molecule has 2 atom stereocenters. The predicted octanol–water partition coefficient (Wildman–Crippen LogP) is 2.21. The maximum atomic E-state index is 9.83. The topological polar surface area (TPSA) is 58.0 Å². The molecular weight excluding hydrogens is 222 g/mol. The molecule has 5 heteroatoms. The molecule has 1 aliphatic carbocycles. The lowest BCUT2D eigenvalue weighted by atomic mass is 9.93. The average Bonchev–Trinajstić information content (AvgIpc) is 2.70. The highest BCUT2D eigenvalue weighted by Gasteiger charge is 2.23. The van der Waals surface area contributed by atoms with Crippen molar-refractivity contribution in [1.29, 1.82) is 0 Å². The second kappa shape index (κ2) is 5.59. The van der Waals surface area contributed by atoms with Crippen molar-refractivity contribution in [3.8, 4) is 0 Å². The number of aliphatic hydroxyl groups excluding tert-OH is 1. The van der Waals surface area contributed by atoms with Crippen molar-refractivity contribution in [2.75, 3.05) is 5.32 Å². The third-order valence-corrected chi connectivity index (χ3v) is 3.66. The zero-order valence-corrected chi connectivity index (χ0v) is 10.5. The van der Waals surface area contributed by atoms with Gasteiger partial charge < -0.3 is 10.4 Å². The van der Waals surface area contributed by atoms with Gasteiger partial charge in [-0.25, -0.2) is 4.98 Å². The van der Waals surface area contributed by atoms with Gasteiger partial charge in [-0.3, -0.25) is 0 Å². The van der Waals surface area contributed by atoms with E-state index in [0.717, 1.165) is 43.1 Å². The zero-order valence-electron chi connectivity index (χ0n) is 9.65. The third kappa shape index (κ3) is 2.92. The Balaban J connectivity index is 1.91. The first-order valence-electron chi connectivity index (χ1n) is 6.06. The van der Waals surface area contributed by atoms with Gasteiger partial charge in [0.05, 0.1) is 12.1 Å². The van der Waals surface area contributed by atoms with Crippen LogP contribution in [-0.4, -0.2) is 26.6 Å². The first-order valence-corrected chi connectivity index (χ1v) is 6.84. The van der Waals surface area contributed by atoms with Crippen molar-refractivity contribution < 1.29 is 5.11 Å². The van der Waals surface area contributed by atoms with E-state index < -0.39 is 0 Å². The molecule has 90 valence electrons. The Morgan fingerprint density at radius 1 is 1.44 bits per heavy atom. The van der Waals surface area contributed by atoms with Crippen LogP contribution in [0.3, 0.4) is 0 Å². The molecule has 1 saturated carbocycles. The quantitative estimate of drug-likeness (QED) is 0.848. The van der Waals surface area contributed by atoms with Crippen LogP contribution >= 0.6 is 11.5 Å². The Kier molecular flexibility index (Phi) is 4.12. The molecule has 0 aliphatic heterocycles. The van der Waals surface area contributed by atoms with E-state index in [9.17, 15) is 5.11 Å². The molecule has 1 fully saturated rings. The van der Waals surface area contributed by atoms with E-state index >= 15 is 0 Å². The van der Waals surface area contributed by atoms with Crippen LogP contribution < -0.4 is 5.32 Å². The van der Waals surface area contributed by atoms with Gasteiger partial charge in [0.25, 0.3) is 0 Å². The lowest BCUT2D eigenvalue weighted by Gasteiger charge is -2.27. The molecule has 0 radical (unpaired) electrons. The van der Waals surface area contributed by atoms with Crippen LogP contribution in [0.4, 0.5) is 5.13 Å². The fraction of sp³-hybridized carbons (Fsp3) is 0.818. The predicted molar refractivity (Wildman–Crippen MR) is 65.8 cm³/mol. The van der Waals surface area contributed by atoms with E-state index in [1.165, 1.54) is 18.0 Å². The van der Waals surface area contributed by atoms with Crippen LogP contribution in [0.25, 0.3) is 0 Å². The molecule has 0 saturated heterocycles. The molecule has 2 N–H and O–H groups in total. The highest BCUT2D eigenvalue weighted by Crippen LogP contribution is 2.23. The van der Waals surface area contributed by atoms with Crippen molar-refractivity contribution in [2.24, 2.45) is 0 Å². The van der Waals surface area contributed by atoms with Crippen LogP contribution in [0.1, 0.15) is 44.9 Å². The first-order chi connectivity index (χ1) is 7.79. The maximum Gasteiger partial charge on any atom is 0.202 e. The van der Waals surface area contributed by atoms with Gasteiger partial charge in [-0.1, -0.05) is 19.8 Å². The molecule has 1 aliphatic rings. The van der Waals surface area contributed by atoms with E-state index in [0.29, 0.717) is 0 Å². The summed E-state index contributed by atoms with van der Waals surface area (Å²) >= 11 is 1.40. The van der Waals surface area contributed by atoms with Gasteiger partial charge in [0, 0.05) is 18.0 Å². The zero-order chi connectivity index (χ0) is 11.4. The maximum absolute atomic E-state index is 9.83. The van der Waals surface area contributed by atoms with Gasteiger partial charge in [0.2, 0.25) is 5.13 Å². The second-order valence-corrected chi connectivity index (χ2v) is 5.12. The summed E-state index contributed by atoms with van der Waals surface area (Å²) in [6.07, 6.45) is 6.04. The molecule has 2 unspecified atom stereocenters. The van der Waals surface area contributed by atoms with E-state index in [2.05, 4.69) is 21.6 Å². The summed E-state index contributed by atoms with van der Waals surface area (Å²) in [7, 11) is 0. The molecule has 1 heterocycles. The Bertz CT molecular complexity index is 329. The lowest BCUT2D eigenvalue weighted by Crippen LogP contribution is -2.36. The normalized spacial score (nSPS) is 25.6. The van der Waals surface area contributed by atoms with Gasteiger partial charge in [-0.15, -0.1) is 0 Å². The summed E-state index contributed by atoms with van der Waals surface area (Å²) < 4.78 is 4.28. The number of nitrogens with zero attached hydrogens (tertiary/aromatic N) is 2. The van der Waals surface area contributed by atoms with Crippen molar-refractivity contribution in [3.05, 3.63) is 5.82 Å². The van der Waals surface area contributed by atoms with Gasteiger partial charge in [-0.05, 0) is 19.3 Å². The Hall–Kier alpha value is -0.680. The number of anilines is 1. The van der Waals surface area contributed by atoms with Crippen molar-refractivity contribution >= 4 is 16.7 Å². The largest absolute Gasteiger partial charge is 0.391 e. The minimum atomic E-state index is -0.229. The average molecular weight is 241 g/mol. The highest BCUT2D eigenvalue weighted by molar-refractivity contribution is 7.09. The molecule has 0 amide bonds. The number of aromatic nitrogens is 2. The van der Waals surface area contributed by atoms with Gasteiger partial charge in [-0.2, -0.15) is 4.37 Å². The molecule has 0 spiro atoms. The minimum absolute atomic E-state index is 0.163. The summed E-state index contributed by atoms with van der Waals surface area (Å²) in [5, 5.41) is 14.0. The Morgan fingerprint density at radius 2 is 2.25 bits per heavy atom. The summed E-state index contributed by atoms with van der Waals surface area (Å²) in [5.41, 5.74) is 0. The summed E-state index contributed by atoms with van der Waals surface area (Å²) in [4.78, 5) is 4.41. The molecular formula is C11H19N3OS. The Labute approximate surface area is 100 Å². The number of hydrogen-bond acceptors (Lipinski definition) is 5. The van der Waals surface area contributed by atoms with Crippen LogP contribution in [0, 0.1) is 0 Å². The number of nitrogens with one attached hydrogen (secondary N) is 1. The van der Waals surface area contributed by atoms with Crippen LogP contribution in [0.15, 0.2) is 0 Å². The number of aryl methyl sites for hydroxylation is 1. The smallest absolute Gasteiger partial charge is 0.202 e. The molecule has 0 aromatic carbocycles. The summed E-state index contributed by atoms with van der Waals surface area (Å²) in [6, 6.07) is 0.163. The number of hydrogen-bond donors (Lipinski definition) is 2. The molecule has 1 aromatic rings. The first kappa shape index (κ1) is 11.8. The fourth-order valence-electron chi connectivity index (χ4n) is 2.08. The van der Waals surface area contributed by atoms with Crippen molar-refractivity contribution in [3.63, 3.8) is 0 Å². The van der Waals surface area contributed by atoms with Crippen molar-refractivity contribution in [1.82, 2.24) is 9.36 Å². The molecule has 1 aromatic heterocycles. The van der Waals surface area contributed by atoms with Crippen LogP contribution in [-0.2, 0) is 6.42 Å². The number of rotatable bonds is 4. The summed E-state index contributed by atoms with van der Waals surface area (Å²) in [5.74, 6) is 0.917. The molecule has 2 rings (SSSR count).